The molecule has 0 saturated carbocycles. The zero-order valence-corrected chi connectivity index (χ0v) is 20.0. The number of aromatic nitrogens is 3. The molecule has 0 aliphatic rings. The van der Waals surface area contributed by atoms with Gasteiger partial charge in [0.15, 0.2) is 11.0 Å². The number of carbonyl (C=O) groups excluding carboxylic acids is 2. The van der Waals surface area contributed by atoms with Gasteiger partial charge >= 0.3 is 0 Å². The van der Waals surface area contributed by atoms with E-state index < -0.39 is 0 Å². The van der Waals surface area contributed by atoms with E-state index in [4.69, 9.17) is 0 Å². The summed E-state index contributed by atoms with van der Waals surface area (Å²) in [5, 5.41) is 14.9. The van der Waals surface area contributed by atoms with Crippen molar-refractivity contribution >= 4 is 45.2 Å². The molecule has 3 aromatic rings. The van der Waals surface area contributed by atoms with Gasteiger partial charge in [0.2, 0.25) is 5.91 Å². The number of halogens is 1. The molecule has 0 bridgehead atoms. The molecule has 1 aromatic heterocycles. The Balaban J connectivity index is 1.59. The highest BCUT2D eigenvalue weighted by atomic mass is 79.9. The summed E-state index contributed by atoms with van der Waals surface area (Å²) in [4.78, 5) is 24.8. The number of benzene rings is 2. The van der Waals surface area contributed by atoms with E-state index in [0.29, 0.717) is 23.1 Å². The van der Waals surface area contributed by atoms with E-state index in [9.17, 15) is 9.59 Å². The van der Waals surface area contributed by atoms with Crippen molar-refractivity contribution in [2.24, 2.45) is 0 Å². The van der Waals surface area contributed by atoms with Gasteiger partial charge in [-0.15, -0.1) is 10.2 Å². The second kappa shape index (κ2) is 10.6. The van der Waals surface area contributed by atoms with Crippen molar-refractivity contribution in [2.45, 2.75) is 39.0 Å². The molecule has 9 heteroatoms. The first-order valence-corrected chi connectivity index (χ1v) is 11.6. The van der Waals surface area contributed by atoms with E-state index in [1.807, 2.05) is 55.7 Å². The Morgan fingerprint density at radius 3 is 2.42 bits per heavy atom. The number of thioether (sulfide) groups is 1. The summed E-state index contributed by atoms with van der Waals surface area (Å²) >= 11 is 4.79. The summed E-state index contributed by atoms with van der Waals surface area (Å²) < 4.78 is 2.89. The molecule has 0 aliphatic heterocycles. The quantitative estimate of drug-likeness (QED) is 0.448. The van der Waals surface area contributed by atoms with Crippen LogP contribution in [0.4, 0.5) is 5.69 Å². The first-order valence-electron chi connectivity index (χ1n) is 9.83. The summed E-state index contributed by atoms with van der Waals surface area (Å²) in [6.07, 6.45) is 0. The SMILES string of the molecule is CCn1c(CNC(=O)c2ccccc2)nnc1SCC(=O)Nc1c(C)cc(Br)cc1C. The van der Waals surface area contributed by atoms with E-state index in [1.54, 1.807) is 12.1 Å². The molecule has 7 nitrogen and oxygen atoms in total. The van der Waals surface area contributed by atoms with Crippen molar-refractivity contribution in [2.75, 3.05) is 11.1 Å². The number of amides is 2. The molecular weight excluding hydrogens is 478 g/mol. The third-order valence-corrected chi connectivity index (χ3v) is 6.07. The Morgan fingerprint density at radius 2 is 1.77 bits per heavy atom. The van der Waals surface area contributed by atoms with Gasteiger partial charge < -0.3 is 15.2 Å². The van der Waals surface area contributed by atoms with Crippen LogP contribution in [0.5, 0.6) is 0 Å². The van der Waals surface area contributed by atoms with Crippen LogP contribution in [-0.2, 0) is 17.9 Å². The molecule has 0 saturated heterocycles. The lowest BCUT2D eigenvalue weighted by Crippen LogP contribution is -2.24. The maximum atomic E-state index is 12.5. The van der Waals surface area contributed by atoms with E-state index >= 15 is 0 Å². The summed E-state index contributed by atoms with van der Waals surface area (Å²) in [5.41, 5.74) is 3.42. The number of carbonyl (C=O) groups is 2. The third-order valence-electron chi connectivity index (χ3n) is 4.65. The average Bonchev–Trinajstić information content (AvgIpc) is 3.15. The fraction of sp³-hybridized carbons (Fsp3) is 0.273. The highest BCUT2D eigenvalue weighted by Crippen LogP contribution is 2.25. The standard InChI is InChI=1S/C22H24BrN5O2S/c1-4-28-18(12-24-21(30)16-8-6-5-7-9-16)26-27-22(28)31-13-19(29)25-20-14(2)10-17(23)11-15(20)3/h5-11H,4,12-13H2,1-3H3,(H,24,30)(H,25,29). The lowest BCUT2D eigenvalue weighted by molar-refractivity contribution is -0.113. The van der Waals surface area contributed by atoms with Crippen LogP contribution >= 0.6 is 27.7 Å². The van der Waals surface area contributed by atoms with Gasteiger partial charge in [-0.25, -0.2) is 0 Å². The molecule has 0 fully saturated rings. The monoisotopic (exact) mass is 501 g/mol. The van der Waals surface area contributed by atoms with E-state index in [-0.39, 0.29) is 24.1 Å². The summed E-state index contributed by atoms with van der Waals surface area (Å²) in [6.45, 7) is 6.80. The van der Waals surface area contributed by atoms with Gasteiger partial charge in [0.1, 0.15) is 0 Å². The molecule has 0 unspecified atom stereocenters. The Labute approximate surface area is 194 Å². The number of hydrogen-bond donors (Lipinski definition) is 2. The van der Waals surface area contributed by atoms with E-state index in [2.05, 4.69) is 36.8 Å². The number of rotatable bonds is 8. The van der Waals surface area contributed by atoms with Gasteiger partial charge in [-0.2, -0.15) is 0 Å². The molecule has 0 atom stereocenters. The average molecular weight is 502 g/mol. The topological polar surface area (TPSA) is 88.9 Å². The zero-order valence-electron chi connectivity index (χ0n) is 17.6. The van der Waals surface area contributed by atoms with Gasteiger partial charge in [-0.3, -0.25) is 9.59 Å². The minimum absolute atomic E-state index is 0.108. The predicted octanol–water partition coefficient (Wildman–Crippen LogP) is 4.34. The Morgan fingerprint density at radius 1 is 1.10 bits per heavy atom. The molecule has 2 N–H and O–H groups in total. The number of hydrogen-bond acceptors (Lipinski definition) is 5. The van der Waals surface area contributed by atoms with Crippen LogP contribution in [0.1, 0.15) is 34.2 Å². The summed E-state index contributed by atoms with van der Waals surface area (Å²) in [5.74, 6) is 0.584. The maximum absolute atomic E-state index is 12.5. The van der Waals surface area contributed by atoms with Crippen LogP contribution in [0.15, 0.2) is 52.1 Å². The van der Waals surface area contributed by atoms with Crippen LogP contribution in [0, 0.1) is 13.8 Å². The van der Waals surface area contributed by atoms with Crippen molar-refractivity contribution in [1.82, 2.24) is 20.1 Å². The van der Waals surface area contributed by atoms with Crippen molar-refractivity contribution < 1.29 is 9.59 Å². The highest BCUT2D eigenvalue weighted by molar-refractivity contribution is 9.10. The molecule has 0 aliphatic carbocycles. The number of nitrogens with zero attached hydrogens (tertiary/aromatic N) is 3. The second-order valence-electron chi connectivity index (χ2n) is 6.94. The van der Waals surface area contributed by atoms with Gasteiger partial charge in [-0.05, 0) is 56.2 Å². The first kappa shape index (κ1) is 23.0. The third kappa shape index (κ3) is 5.95. The van der Waals surface area contributed by atoms with E-state index in [1.165, 1.54) is 11.8 Å². The molecule has 31 heavy (non-hydrogen) atoms. The fourth-order valence-corrected chi connectivity index (χ4v) is 4.65. The Kier molecular flexibility index (Phi) is 7.86. The van der Waals surface area contributed by atoms with Gasteiger partial charge in [0.25, 0.3) is 5.91 Å². The molecule has 2 amide bonds. The minimum Gasteiger partial charge on any atom is -0.345 e. The Bertz CT molecular complexity index is 1060. The van der Waals surface area contributed by atoms with Crippen molar-refractivity contribution in [3.05, 3.63) is 69.5 Å². The van der Waals surface area contributed by atoms with Gasteiger partial charge in [-0.1, -0.05) is 45.9 Å². The lowest BCUT2D eigenvalue weighted by atomic mass is 10.1. The number of anilines is 1. The van der Waals surface area contributed by atoms with Crippen LogP contribution in [0.2, 0.25) is 0 Å². The second-order valence-corrected chi connectivity index (χ2v) is 8.80. The summed E-state index contributed by atoms with van der Waals surface area (Å²) in [7, 11) is 0. The Hall–Kier alpha value is -2.65. The van der Waals surface area contributed by atoms with Gasteiger partial charge in [0.05, 0.1) is 12.3 Å². The van der Waals surface area contributed by atoms with Crippen molar-refractivity contribution in [3.8, 4) is 0 Å². The normalized spacial score (nSPS) is 10.7. The zero-order chi connectivity index (χ0) is 22.4. The maximum Gasteiger partial charge on any atom is 0.251 e. The first-order chi connectivity index (χ1) is 14.9. The molecular formula is C22H24BrN5O2S. The molecule has 0 radical (unpaired) electrons. The van der Waals surface area contributed by atoms with E-state index in [0.717, 1.165) is 21.3 Å². The molecule has 162 valence electrons. The van der Waals surface area contributed by atoms with Crippen molar-refractivity contribution in [3.63, 3.8) is 0 Å². The van der Waals surface area contributed by atoms with Crippen molar-refractivity contribution in [1.29, 1.82) is 0 Å². The number of nitrogens with one attached hydrogen (secondary N) is 2. The van der Waals surface area contributed by atoms with Gasteiger partial charge in [0, 0.05) is 22.3 Å². The molecule has 3 rings (SSSR count). The minimum atomic E-state index is -0.167. The van der Waals surface area contributed by atoms with Crippen LogP contribution in [0.3, 0.4) is 0 Å². The van der Waals surface area contributed by atoms with Crippen LogP contribution in [-0.4, -0.2) is 32.3 Å². The largest absolute Gasteiger partial charge is 0.345 e. The van der Waals surface area contributed by atoms with Crippen LogP contribution in [0.25, 0.3) is 0 Å². The molecule has 1 heterocycles. The number of aryl methyl sites for hydroxylation is 2. The smallest absolute Gasteiger partial charge is 0.251 e. The summed E-state index contributed by atoms with van der Waals surface area (Å²) in [6, 6.07) is 13.0. The molecule has 0 spiro atoms. The fourth-order valence-electron chi connectivity index (χ4n) is 3.14. The molecule has 2 aromatic carbocycles. The van der Waals surface area contributed by atoms with Crippen LogP contribution < -0.4 is 10.6 Å². The lowest BCUT2D eigenvalue weighted by Gasteiger charge is -2.12. The highest BCUT2D eigenvalue weighted by Gasteiger charge is 2.15. The predicted molar refractivity (Wildman–Crippen MR) is 126 cm³/mol.